The third-order valence-electron chi connectivity index (χ3n) is 4.40. The molecule has 3 nitrogen and oxygen atoms in total. The van der Waals surface area contributed by atoms with Crippen LogP contribution in [0.4, 0.5) is 5.00 Å². The minimum atomic E-state index is 0.125. The topological polar surface area (TPSA) is 23.6 Å². The molecule has 2 aromatic rings. The molecule has 116 valence electrons. The predicted molar refractivity (Wildman–Crippen MR) is 93.0 cm³/mol. The van der Waals surface area contributed by atoms with Gasteiger partial charge in [0.1, 0.15) is 0 Å². The van der Waals surface area contributed by atoms with Gasteiger partial charge in [-0.15, -0.1) is 11.3 Å². The first kappa shape index (κ1) is 15.3. The van der Waals surface area contributed by atoms with Crippen molar-refractivity contribution in [2.24, 2.45) is 0 Å². The van der Waals surface area contributed by atoms with E-state index in [1.807, 2.05) is 12.1 Å². The van der Waals surface area contributed by atoms with Crippen molar-refractivity contribution in [3.05, 3.63) is 52.9 Å². The van der Waals surface area contributed by atoms with Crippen molar-refractivity contribution in [1.29, 1.82) is 0 Å². The summed E-state index contributed by atoms with van der Waals surface area (Å²) in [6.07, 6.45) is 0. The van der Waals surface area contributed by atoms with Crippen LogP contribution in [0, 0.1) is 0 Å². The van der Waals surface area contributed by atoms with Gasteiger partial charge in [-0.25, -0.2) is 0 Å². The molecule has 22 heavy (non-hydrogen) atoms. The van der Waals surface area contributed by atoms with E-state index in [4.69, 9.17) is 0 Å². The molecular weight excluding hydrogens is 292 g/mol. The van der Waals surface area contributed by atoms with Crippen molar-refractivity contribution in [3.63, 3.8) is 0 Å². The number of benzene rings is 1. The summed E-state index contributed by atoms with van der Waals surface area (Å²) < 4.78 is 0. The number of anilines is 1. The van der Waals surface area contributed by atoms with Crippen molar-refractivity contribution >= 4 is 22.1 Å². The summed E-state index contributed by atoms with van der Waals surface area (Å²) in [5.74, 6) is 0.125. The molecule has 3 rings (SSSR count). The van der Waals surface area contributed by atoms with Crippen LogP contribution < -0.4 is 4.90 Å². The molecule has 1 saturated heterocycles. The summed E-state index contributed by atoms with van der Waals surface area (Å²) in [7, 11) is 0. The lowest BCUT2D eigenvalue weighted by atomic mass is 10.00. The Balaban J connectivity index is 1.89. The zero-order valence-corrected chi connectivity index (χ0v) is 14.0. The van der Waals surface area contributed by atoms with E-state index in [1.165, 1.54) is 10.6 Å². The molecule has 1 fully saturated rings. The highest BCUT2D eigenvalue weighted by molar-refractivity contribution is 7.14. The van der Waals surface area contributed by atoms with Crippen LogP contribution in [0.1, 0.15) is 35.8 Å². The van der Waals surface area contributed by atoms with E-state index >= 15 is 0 Å². The molecule has 1 atom stereocenters. The highest BCUT2D eigenvalue weighted by Crippen LogP contribution is 2.33. The molecule has 0 saturated carbocycles. The fourth-order valence-corrected chi connectivity index (χ4v) is 3.86. The van der Waals surface area contributed by atoms with Crippen LogP contribution in [0.15, 0.2) is 41.8 Å². The Hall–Kier alpha value is -1.65. The smallest absolute Gasteiger partial charge is 0.159 e. The van der Waals surface area contributed by atoms with Crippen LogP contribution in [-0.2, 0) is 0 Å². The summed E-state index contributed by atoms with van der Waals surface area (Å²) in [6.45, 7) is 8.11. The van der Waals surface area contributed by atoms with Gasteiger partial charge >= 0.3 is 0 Å². The average molecular weight is 314 g/mol. The number of hydrogen-bond acceptors (Lipinski definition) is 4. The number of ketones is 1. The fourth-order valence-electron chi connectivity index (χ4n) is 3.05. The van der Waals surface area contributed by atoms with E-state index < -0.39 is 0 Å². The Labute approximate surface area is 136 Å². The number of nitrogens with zero attached hydrogens (tertiary/aromatic N) is 2. The normalized spacial score (nSPS) is 19.4. The van der Waals surface area contributed by atoms with E-state index in [9.17, 15) is 4.79 Å². The minimum absolute atomic E-state index is 0.125. The molecule has 1 unspecified atom stereocenters. The lowest BCUT2D eigenvalue weighted by Crippen LogP contribution is -2.48. The average Bonchev–Trinajstić information content (AvgIpc) is 3.08. The molecule has 0 spiro atoms. The second kappa shape index (κ2) is 6.63. The number of Topliss-reactive ketones (excluding diaryl/α,β-unsaturated/α-hetero) is 1. The van der Waals surface area contributed by atoms with Gasteiger partial charge in [-0.3, -0.25) is 9.69 Å². The summed E-state index contributed by atoms with van der Waals surface area (Å²) in [6, 6.07) is 12.8. The number of likely N-dealkylation sites (N-methyl/N-ethyl adjacent to an activating group) is 1. The van der Waals surface area contributed by atoms with Gasteiger partial charge < -0.3 is 4.90 Å². The molecule has 0 radical (unpaired) electrons. The van der Waals surface area contributed by atoms with Gasteiger partial charge in [-0.2, -0.15) is 0 Å². The Morgan fingerprint density at radius 2 is 2.00 bits per heavy atom. The molecule has 1 aliphatic heterocycles. The van der Waals surface area contributed by atoms with Gasteiger partial charge in [-0.1, -0.05) is 31.2 Å². The highest BCUT2D eigenvalue weighted by atomic mass is 32.1. The zero-order chi connectivity index (χ0) is 15.5. The molecule has 0 bridgehead atoms. The van der Waals surface area contributed by atoms with Crippen molar-refractivity contribution in [3.8, 4) is 0 Å². The monoisotopic (exact) mass is 314 g/mol. The van der Waals surface area contributed by atoms with Gasteiger partial charge in [0.2, 0.25) is 0 Å². The first-order valence-electron chi connectivity index (χ1n) is 7.82. The number of thiophene rings is 1. The largest absolute Gasteiger partial charge is 0.354 e. The number of rotatable bonds is 4. The van der Waals surface area contributed by atoms with E-state index in [1.54, 1.807) is 18.3 Å². The zero-order valence-electron chi connectivity index (χ0n) is 13.2. The first-order chi connectivity index (χ1) is 10.7. The van der Waals surface area contributed by atoms with Crippen molar-refractivity contribution in [1.82, 2.24) is 4.90 Å². The lowest BCUT2D eigenvalue weighted by Gasteiger charge is -2.42. The number of hydrogen-bond donors (Lipinski definition) is 0. The maximum atomic E-state index is 11.5. The number of piperazine rings is 1. The standard InChI is InChI=1S/C18H22N2OS/c1-3-19-10-11-20(18-5-4-12-22-18)17(13-19)16-8-6-15(7-9-16)14(2)21/h4-9,12,17H,3,10-11,13H2,1-2H3. The number of carbonyl (C=O) groups excluding carboxylic acids is 1. The van der Waals surface area contributed by atoms with E-state index in [2.05, 4.69) is 46.4 Å². The third-order valence-corrected chi connectivity index (χ3v) is 5.31. The molecule has 0 amide bonds. The molecular formula is C18H22N2OS. The van der Waals surface area contributed by atoms with Gasteiger partial charge in [-0.05, 0) is 36.5 Å². The van der Waals surface area contributed by atoms with Crippen LogP contribution in [0.3, 0.4) is 0 Å². The summed E-state index contributed by atoms with van der Waals surface area (Å²) in [5.41, 5.74) is 2.08. The Bertz CT molecular complexity index is 621. The Morgan fingerprint density at radius 1 is 1.23 bits per heavy atom. The maximum Gasteiger partial charge on any atom is 0.159 e. The molecule has 1 aromatic heterocycles. The summed E-state index contributed by atoms with van der Waals surface area (Å²) in [5, 5.41) is 3.47. The Kier molecular flexibility index (Phi) is 4.60. The molecule has 2 heterocycles. The molecule has 4 heteroatoms. The maximum absolute atomic E-state index is 11.5. The fraction of sp³-hybridized carbons (Fsp3) is 0.389. The molecule has 0 N–H and O–H groups in total. The molecule has 1 aliphatic rings. The van der Waals surface area contributed by atoms with Gasteiger partial charge in [0.05, 0.1) is 11.0 Å². The van der Waals surface area contributed by atoms with E-state index in [0.717, 1.165) is 31.7 Å². The third kappa shape index (κ3) is 3.08. The Morgan fingerprint density at radius 3 is 2.59 bits per heavy atom. The van der Waals surface area contributed by atoms with Crippen LogP contribution in [0.25, 0.3) is 0 Å². The SMILES string of the molecule is CCN1CCN(c2cccs2)C(c2ccc(C(C)=O)cc2)C1. The first-order valence-corrected chi connectivity index (χ1v) is 8.70. The highest BCUT2D eigenvalue weighted by Gasteiger charge is 2.28. The van der Waals surface area contributed by atoms with E-state index in [0.29, 0.717) is 6.04 Å². The van der Waals surface area contributed by atoms with Gasteiger partial charge in [0, 0.05) is 25.2 Å². The van der Waals surface area contributed by atoms with Crippen molar-refractivity contribution in [2.75, 3.05) is 31.1 Å². The van der Waals surface area contributed by atoms with Crippen molar-refractivity contribution in [2.45, 2.75) is 19.9 Å². The van der Waals surface area contributed by atoms with Crippen LogP contribution in [-0.4, -0.2) is 36.9 Å². The van der Waals surface area contributed by atoms with Gasteiger partial charge in [0.25, 0.3) is 0 Å². The molecule has 0 aliphatic carbocycles. The van der Waals surface area contributed by atoms with Crippen LogP contribution >= 0.6 is 11.3 Å². The van der Waals surface area contributed by atoms with Crippen LogP contribution in [0.5, 0.6) is 0 Å². The second-order valence-electron chi connectivity index (χ2n) is 5.73. The van der Waals surface area contributed by atoms with Gasteiger partial charge in [0.15, 0.2) is 5.78 Å². The lowest BCUT2D eigenvalue weighted by molar-refractivity contribution is 0.101. The number of carbonyl (C=O) groups is 1. The quantitative estimate of drug-likeness (QED) is 0.801. The van der Waals surface area contributed by atoms with Crippen LogP contribution in [0.2, 0.25) is 0 Å². The summed E-state index contributed by atoms with van der Waals surface area (Å²) in [4.78, 5) is 16.5. The molecule has 1 aromatic carbocycles. The summed E-state index contributed by atoms with van der Waals surface area (Å²) >= 11 is 1.80. The second-order valence-corrected chi connectivity index (χ2v) is 6.66. The minimum Gasteiger partial charge on any atom is -0.354 e. The van der Waals surface area contributed by atoms with E-state index in [-0.39, 0.29) is 5.78 Å². The van der Waals surface area contributed by atoms with Crippen molar-refractivity contribution < 1.29 is 4.79 Å². The predicted octanol–water partition coefficient (Wildman–Crippen LogP) is 3.83.